The Morgan fingerprint density at radius 3 is 2.12 bits per heavy atom. The maximum absolute atomic E-state index is 12.6. The summed E-state index contributed by atoms with van der Waals surface area (Å²) in [5.74, 6) is 0.833. The first-order valence-corrected chi connectivity index (χ1v) is 8.46. The van der Waals surface area contributed by atoms with Crippen molar-refractivity contribution in [1.82, 2.24) is 4.90 Å². The number of nitrogens with zero attached hydrogens (tertiary/aromatic N) is 1. The second kappa shape index (κ2) is 8.68. The molecule has 25 heavy (non-hydrogen) atoms. The van der Waals surface area contributed by atoms with Gasteiger partial charge in [0, 0.05) is 24.6 Å². The summed E-state index contributed by atoms with van der Waals surface area (Å²) < 4.78 is 5.12. The monoisotopic (exact) mass is 368 g/mol. The number of Topliss-reactive ketones (excluding diaryl/α,β-unsaturated/α-hetero) is 1. The molecule has 0 spiro atoms. The lowest BCUT2D eigenvalue weighted by atomic mass is 9.85. The van der Waals surface area contributed by atoms with E-state index in [4.69, 9.17) is 10.5 Å². The highest BCUT2D eigenvalue weighted by atomic mass is 35.5. The topological polar surface area (TPSA) is 72.6 Å². The van der Waals surface area contributed by atoms with Gasteiger partial charge in [0.25, 0.3) is 0 Å². The summed E-state index contributed by atoms with van der Waals surface area (Å²) in [7, 11) is 1.60. The summed E-state index contributed by atoms with van der Waals surface area (Å²) in [6.07, 6.45) is 1.38. The molecule has 0 saturated carbocycles. The summed E-state index contributed by atoms with van der Waals surface area (Å²) in [4.78, 5) is 26.9. The Balaban J connectivity index is 0.00000312. The van der Waals surface area contributed by atoms with E-state index in [-0.39, 0.29) is 35.4 Å². The van der Waals surface area contributed by atoms with E-state index in [1.807, 2.05) is 20.8 Å². The maximum atomic E-state index is 12.6. The van der Waals surface area contributed by atoms with Gasteiger partial charge in [0.1, 0.15) is 5.75 Å². The molecule has 1 aliphatic heterocycles. The smallest absolute Gasteiger partial charge is 0.240 e. The highest BCUT2D eigenvalue weighted by molar-refractivity contribution is 5.98. The van der Waals surface area contributed by atoms with E-state index < -0.39 is 6.04 Å². The molecule has 6 heteroatoms. The Bertz CT molecular complexity index is 588. The predicted octanol–water partition coefficient (Wildman–Crippen LogP) is 2.91. The van der Waals surface area contributed by atoms with Gasteiger partial charge in [-0.05, 0) is 42.5 Å². The van der Waals surface area contributed by atoms with Gasteiger partial charge in [-0.3, -0.25) is 9.59 Å². The van der Waals surface area contributed by atoms with E-state index in [0.717, 1.165) is 5.75 Å². The zero-order valence-electron chi connectivity index (χ0n) is 15.5. The summed E-state index contributed by atoms with van der Waals surface area (Å²) in [5.41, 5.74) is 6.51. The fourth-order valence-electron chi connectivity index (χ4n) is 2.92. The molecule has 0 bridgehead atoms. The van der Waals surface area contributed by atoms with Gasteiger partial charge in [-0.2, -0.15) is 0 Å². The number of hydrogen-bond acceptors (Lipinski definition) is 4. The Hall–Kier alpha value is -1.59. The van der Waals surface area contributed by atoms with E-state index in [0.29, 0.717) is 31.5 Å². The standard InChI is InChI=1S/C19H28N2O3.ClH/c1-19(2,3)17(20)18(23)21-11-9-14(10-12-21)16(22)13-5-7-15(24-4)8-6-13;/h5-8,14,17H,9-12,20H2,1-4H3;1H/t17-;/m1./s1. The summed E-state index contributed by atoms with van der Waals surface area (Å²) in [6, 6.07) is 6.69. The first-order valence-electron chi connectivity index (χ1n) is 8.46. The molecule has 1 aromatic carbocycles. The minimum Gasteiger partial charge on any atom is -0.497 e. The number of ether oxygens (including phenoxy) is 1. The Morgan fingerprint density at radius 2 is 1.68 bits per heavy atom. The third-order valence-electron chi connectivity index (χ3n) is 4.75. The molecule has 1 amide bonds. The summed E-state index contributed by atoms with van der Waals surface area (Å²) in [6.45, 7) is 7.09. The number of halogens is 1. The van der Waals surface area contributed by atoms with E-state index in [1.54, 1.807) is 36.3 Å². The molecule has 1 heterocycles. The zero-order valence-corrected chi connectivity index (χ0v) is 16.3. The van der Waals surface area contributed by atoms with Crippen LogP contribution >= 0.6 is 12.4 Å². The summed E-state index contributed by atoms with van der Waals surface area (Å²) >= 11 is 0. The number of hydrogen-bond donors (Lipinski definition) is 1. The average molecular weight is 369 g/mol. The molecular formula is C19H29ClN2O3. The fraction of sp³-hybridized carbons (Fsp3) is 0.579. The van der Waals surface area contributed by atoms with Crippen LogP contribution in [0.25, 0.3) is 0 Å². The largest absolute Gasteiger partial charge is 0.497 e. The van der Waals surface area contributed by atoms with Crippen molar-refractivity contribution in [2.75, 3.05) is 20.2 Å². The molecule has 0 radical (unpaired) electrons. The van der Waals surface area contributed by atoms with E-state index in [1.165, 1.54) is 0 Å². The second-order valence-electron chi connectivity index (χ2n) is 7.54. The third-order valence-corrected chi connectivity index (χ3v) is 4.75. The average Bonchev–Trinajstić information content (AvgIpc) is 2.59. The van der Waals surface area contributed by atoms with Gasteiger partial charge in [-0.25, -0.2) is 0 Å². The third kappa shape index (κ3) is 5.19. The van der Waals surface area contributed by atoms with Crippen LogP contribution in [-0.2, 0) is 4.79 Å². The van der Waals surface area contributed by atoms with Crippen molar-refractivity contribution in [3.8, 4) is 5.75 Å². The maximum Gasteiger partial charge on any atom is 0.240 e. The molecule has 0 unspecified atom stereocenters. The molecule has 1 aromatic rings. The van der Waals surface area contributed by atoms with Crippen molar-refractivity contribution >= 4 is 24.1 Å². The van der Waals surface area contributed by atoms with E-state index in [9.17, 15) is 9.59 Å². The van der Waals surface area contributed by atoms with Crippen molar-refractivity contribution in [2.45, 2.75) is 39.7 Å². The van der Waals surface area contributed by atoms with Gasteiger partial charge in [0.05, 0.1) is 13.2 Å². The first-order chi connectivity index (χ1) is 11.2. The van der Waals surface area contributed by atoms with Crippen molar-refractivity contribution in [2.24, 2.45) is 17.1 Å². The molecule has 0 aromatic heterocycles. The van der Waals surface area contributed by atoms with Crippen LogP contribution in [0, 0.1) is 11.3 Å². The van der Waals surface area contributed by atoms with Crippen LogP contribution in [0.1, 0.15) is 44.0 Å². The lowest BCUT2D eigenvalue weighted by Crippen LogP contribution is -2.52. The van der Waals surface area contributed by atoms with Gasteiger partial charge in [-0.1, -0.05) is 20.8 Å². The van der Waals surface area contributed by atoms with Crippen molar-refractivity contribution < 1.29 is 14.3 Å². The van der Waals surface area contributed by atoms with Crippen LogP contribution in [0.2, 0.25) is 0 Å². The number of nitrogens with two attached hydrogens (primary N) is 1. The molecule has 5 nitrogen and oxygen atoms in total. The van der Waals surface area contributed by atoms with Crippen molar-refractivity contribution in [3.05, 3.63) is 29.8 Å². The quantitative estimate of drug-likeness (QED) is 0.829. The van der Waals surface area contributed by atoms with Crippen molar-refractivity contribution in [3.63, 3.8) is 0 Å². The van der Waals surface area contributed by atoms with E-state index >= 15 is 0 Å². The van der Waals surface area contributed by atoms with Gasteiger partial charge < -0.3 is 15.4 Å². The second-order valence-corrected chi connectivity index (χ2v) is 7.54. The van der Waals surface area contributed by atoms with Gasteiger partial charge in [-0.15, -0.1) is 12.4 Å². The first kappa shape index (κ1) is 21.5. The number of rotatable bonds is 4. The molecular weight excluding hydrogens is 340 g/mol. The number of likely N-dealkylation sites (tertiary alicyclic amines) is 1. The number of methoxy groups -OCH3 is 1. The number of carbonyl (C=O) groups is 2. The lowest BCUT2D eigenvalue weighted by Gasteiger charge is -2.36. The summed E-state index contributed by atoms with van der Waals surface area (Å²) in [5, 5.41) is 0. The number of benzene rings is 1. The number of piperidine rings is 1. The van der Waals surface area contributed by atoms with Crippen molar-refractivity contribution in [1.29, 1.82) is 0 Å². The van der Waals surface area contributed by atoms with Gasteiger partial charge in [0.15, 0.2) is 5.78 Å². The van der Waals surface area contributed by atoms with Crippen LogP contribution in [0.4, 0.5) is 0 Å². The van der Waals surface area contributed by atoms with Crippen LogP contribution in [0.5, 0.6) is 5.75 Å². The van der Waals surface area contributed by atoms with Crippen LogP contribution in [0.15, 0.2) is 24.3 Å². The minimum absolute atomic E-state index is 0. The number of amides is 1. The fourth-order valence-corrected chi connectivity index (χ4v) is 2.92. The van der Waals surface area contributed by atoms with Gasteiger partial charge >= 0.3 is 0 Å². The Labute approximate surface area is 156 Å². The SMILES string of the molecule is COc1ccc(C(=O)C2CCN(C(=O)[C@@H](N)C(C)(C)C)CC2)cc1.Cl. The zero-order chi connectivity index (χ0) is 17.9. The Morgan fingerprint density at radius 1 is 1.16 bits per heavy atom. The van der Waals surface area contributed by atoms with Crippen LogP contribution in [-0.4, -0.2) is 42.8 Å². The minimum atomic E-state index is -0.508. The highest BCUT2D eigenvalue weighted by Crippen LogP contribution is 2.25. The molecule has 1 atom stereocenters. The number of carbonyl (C=O) groups excluding carboxylic acids is 2. The molecule has 2 rings (SSSR count). The molecule has 2 N–H and O–H groups in total. The molecule has 0 aliphatic carbocycles. The van der Waals surface area contributed by atoms with Crippen LogP contribution < -0.4 is 10.5 Å². The van der Waals surface area contributed by atoms with Gasteiger partial charge in [0.2, 0.25) is 5.91 Å². The molecule has 1 saturated heterocycles. The number of ketones is 1. The lowest BCUT2D eigenvalue weighted by molar-refractivity contribution is -0.136. The predicted molar refractivity (Wildman–Crippen MR) is 101 cm³/mol. The normalized spacial score (nSPS) is 16.8. The van der Waals surface area contributed by atoms with E-state index in [2.05, 4.69) is 0 Å². The molecule has 1 aliphatic rings. The Kier molecular flexibility index (Phi) is 7.44. The highest BCUT2D eigenvalue weighted by Gasteiger charge is 2.34. The molecule has 1 fully saturated rings. The van der Waals surface area contributed by atoms with Crippen LogP contribution in [0.3, 0.4) is 0 Å². The molecule has 140 valence electrons.